The van der Waals surface area contributed by atoms with Gasteiger partial charge in [-0.2, -0.15) is 5.10 Å². The van der Waals surface area contributed by atoms with Gasteiger partial charge in [0.15, 0.2) is 0 Å². The topological polar surface area (TPSA) is 38.1 Å². The third kappa shape index (κ3) is 1.79. The molecule has 0 bridgehead atoms. The maximum absolute atomic E-state index is 11.7. The Morgan fingerprint density at radius 2 is 2.22 bits per heavy atom. The summed E-state index contributed by atoms with van der Waals surface area (Å²) in [7, 11) is 0. The maximum Gasteiger partial charge on any atom is 0.227 e. The zero-order valence-corrected chi connectivity index (χ0v) is 10.3. The summed E-state index contributed by atoms with van der Waals surface area (Å²) in [5, 5.41) is 4.21. The number of aromatic nitrogens is 2. The molecule has 92 valence electrons. The average molecular weight is 241 g/mol. The van der Waals surface area contributed by atoms with Crippen LogP contribution in [0.1, 0.15) is 18.4 Å². The largest absolute Gasteiger partial charge is 0.312 e. The minimum atomic E-state index is 0.227. The van der Waals surface area contributed by atoms with Gasteiger partial charge < -0.3 is 4.90 Å². The van der Waals surface area contributed by atoms with E-state index in [4.69, 9.17) is 0 Å². The van der Waals surface area contributed by atoms with Crippen LogP contribution in [0, 0.1) is 6.92 Å². The van der Waals surface area contributed by atoms with E-state index in [-0.39, 0.29) is 5.91 Å². The molecule has 1 aliphatic heterocycles. The highest BCUT2D eigenvalue weighted by Gasteiger charge is 2.22. The number of hydrogen-bond donors (Lipinski definition) is 0. The van der Waals surface area contributed by atoms with E-state index >= 15 is 0 Å². The second kappa shape index (κ2) is 4.29. The standard InChI is InChI=1S/C14H15N3O/c1-11-10-12(17-9-3-7-15-17)5-6-13(11)16-8-2-4-14(16)18/h3,5-7,9-10H,2,4,8H2,1H3. The number of nitrogens with zero attached hydrogens (tertiary/aromatic N) is 3. The Hall–Kier alpha value is -2.10. The van der Waals surface area contributed by atoms with E-state index in [0.717, 1.165) is 29.9 Å². The van der Waals surface area contributed by atoms with Crippen LogP contribution >= 0.6 is 0 Å². The number of carbonyl (C=O) groups is 1. The van der Waals surface area contributed by atoms with Crippen LogP contribution in [-0.2, 0) is 4.79 Å². The second-order valence-electron chi connectivity index (χ2n) is 4.57. The summed E-state index contributed by atoms with van der Waals surface area (Å²) in [5.41, 5.74) is 3.15. The zero-order valence-electron chi connectivity index (χ0n) is 10.3. The first-order valence-electron chi connectivity index (χ1n) is 6.17. The molecule has 0 aliphatic carbocycles. The Balaban J connectivity index is 1.97. The predicted molar refractivity (Wildman–Crippen MR) is 69.9 cm³/mol. The van der Waals surface area contributed by atoms with E-state index < -0.39 is 0 Å². The molecule has 4 nitrogen and oxygen atoms in total. The SMILES string of the molecule is Cc1cc(-n2cccn2)ccc1N1CCCC1=O. The van der Waals surface area contributed by atoms with Gasteiger partial charge in [-0.25, -0.2) is 4.68 Å². The van der Waals surface area contributed by atoms with Gasteiger partial charge in [-0.05, 0) is 43.2 Å². The van der Waals surface area contributed by atoms with E-state index in [1.54, 1.807) is 6.20 Å². The van der Waals surface area contributed by atoms with Crippen LogP contribution in [0.15, 0.2) is 36.7 Å². The Bertz CT molecular complexity index is 575. The molecule has 1 aromatic carbocycles. The number of anilines is 1. The first-order chi connectivity index (χ1) is 8.75. The Labute approximate surface area is 106 Å². The van der Waals surface area contributed by atoms with Gasteiger partial charge in [-0.1, -0.05) is 0 Å². The van der Waals surface area contributed by atoms with Crippen LogP contribution in [0.2, 0.25) is 0 Å². The lowest BCUT2D eigenvalue weighted by Gasteiger charge is -2.19. The van der Waals surface area contributed by atoms with Gasteiger partial charge in [0.1, 0.15) is 0 Å². The molecular formula is C14H15N3O. The molecule has 0 N–H and O–H groups in total. The van der Waals surface area contributed by atoms with Gasteiger partial charge >= 0.3 is 0 Å². The van der Waals surface area contributed by atoms with Crippen LogP contribution in [-0.4, -0.2) is 22.2 Å². The van der Waals surface area contributed by atoms with E-state index in [1.165, 1.54) is 0 Å². The summed E-state index contributed by atoms with van der Waals surface area (Å²) in [4.78, 5) is 13.6. The molecule has 0 saturated carbocycles. The number of amides is 1. The van der Waals surface area contributed by atoms with Crippen molar-refractivity contribution in [2.24, 2.45) is 0 Å². The van der Waals surface area contributed by atoms with Crippen molar-refractivity contribution < 1.29 is 4.79 Å². The van der Waals surface area contributed by atoms with E-state index in [1.807, 2.05) is 40.9 Å². The van der Waals surface area contributed by atoms with Crippen LogP contribution in [0.25, 0.3) is 5.69 Å². The van der Waals surface area contributed by atoms with Gasteiger partial charge in [0.25, 0.3) is 0 Å². The fraction of sp³-hybridized carbons (Fsp3) is 0.286. The summed E-state index contributed by atoms with van der Waals surface area (Å²) in [6, 6.07) is 7.97. The molecule has 18 heavy (non-hydrogen) atoms. The van der Waals surface area contributed by atoms with Crippen molar-refractivity contribution in [1.82, 2.24) is 9.78 Å². The molecule has 1 saturated heterocycles. The Morgan fingerprint density at radius 3 is 2.83 bits per heavy atom. The third-order valence-electron chi connectivity index (χ3n) is 3.31. The van der Waals surface area contributed by atoms with Crippen molar-refractivity contribution >= 4 is 11.6 Å². The quantitative estimate of drug-likeness (QED) is 0.809. The van der Waals surface area contributed by atoms with Crippen molar-refractivity contribution in [2.75, 3.05) is 11.4 Å². The van der Waals surface area contributed by atoms with E-state index in [0.29, 0.717) is 6.42 Å². The molecule has 3 rings (SSSR count). The molecule has 0 radical (unpaired) electrons. The number of carbonyl (C=O) groups excluding carboxylic acids is 1. The summed E-state index contributed by atoms with van der Waals surface area (Å²) in [6.45, 7) is 2.87. The van der Waals surface area contributed by atoms with Crippen molar-refractivity contribution in [1.29, 1.82) is 0 Å². The third-order valence-corrected chi connectivity index (χ3v) is 3.31. The van der Waals surface area contributed by atoms with Gasteiger partial charge in [-0.3, -0.25) is 4.79 Å². The number of aryl methyl sites for hydroxylation is 1. The minimum Gasteiger partial charge on any atom is -0.312 e. The lowest BCUT2D eigenvalue weighted by Crippen LogP contribution is -2.24. The van der Waals surface area contributed by atoms with Gasteiger partial charge in [0.2, 0.25) is 5.91 Å². The number of benzene rings is 1. The molecule has 0 spiro atoms. The van der Waals surface area contributed by atoms with Crippen LogP contribution in [0.5, 0.6) is 0 Å². The molecule has 2 heterocycles. The first kappa shape index (κ1) is 11.0. The minimum absolute atomic E-state index is 0.227. The molecule has 1 aromatic heterocycles. The monoisotopic (exact) mass is 241 g/mol. The van der Waals surface area contributed by atoms with Crippen molar-refractivity contribution in [2.45, 2.75) is 19.8 Å². The summed E-state index contributed by atoms with van der Waals surface area (Å²) in [6.07, 6.45) is 5.29. The molecule has 4 heteroatoms. The number of hydrogen-bond acceptors (Lipinski definition) is 2. The lowest BCUT2D eigenvalue weighted by molar-refractivity contribution is -0.117. The Morgan fingerprint density at radius 1 is 1.33 bits per heavy atom. The van der Waals surface area contributed by atoms with Crippen molar-refractivity contribution in [3.05, 3.63) is 42.2 Å². The average Bonchev–Trinajstić information content (AvgIpc) is 3.00. The summed E-state index contributed by atoms with van der Waals surface area (Å²) in [5.74, 6) is 0.227. The lowest BCUT2D eigenvalue weighted by atomic mass is 10.1. The molecular weight excluding hydrogens is 226 g/mol. The van der Waals surface area contributed by atoms with Crippen molar-refractivity contribution in [3.63, 3.8) is 0 Å². The molecule has 1 aliphatic rings. The van der Waals surface area contributed by atoms with Gasteiger partial charge in [-0.15, -0.1) is 0 Å². The Kier molecular flexibility index (Phi) is 2.63. The fourth-order valence-electron chi connectivity index (χ4n) is 2.41. The van der Waals surface area contributed by atoms with Gasteiger partial charge in [0.05, 0.1) is 5.69 Å². The highest BCUT2D eigenvalue weighted by Crippen LogP contribution is 2.26. The summed E-state index contributed by atoms with van der Waals surface area (Å²) >= 11 is 0. The zero-order chi connectivity index (χ0) is 12.5. The van der Waals surface area contributed by atoms with Gasteiger partial charge in [0, 0.05) is 31.0 Å². The van der Waals surface area contributed by atoms with Crippen molar-refractivity contribution in [3.8, 4) is 5.69 Å². The predicted octanol–water partition coefficient (Wildman–Crippen LogP) is 2.31. The highest BCUT2D eigenvalue weighted by atomic mass is 16.2. The molecule has 1 fully saturated rings. The number of rotatable bonds is 2. The highest BCUT2D eigenvalue weighted by molar-refractivity contribution is 5.96. The second-order valence-corrected chi connectivity index (χ2v) is 4.57. The first-order valence-corrected chi connectivity index (χ1v) is 6.17. The van der Waals surface area contributed by atoms with Crippen LogP contribution < -0.4 is 4.90 Å². The van der Waals surface area contributed by atoms with E-state index in [9.17, 15) is 4.79 Å². The smallest absolute Gasteiger partial charge is 0.227 e. The molecule has 2 aromatic rings. The fourth-order valence-corrected chi connectivity index (χ4v) is 2.41. The molecule has 1 amide bonds. The molecule has 0 unspecified atom stereocenters. The van der Waals surface area contributed by atoms with Crippen LogP contribution in [0.4, 0.5) is 5.69 Å². The van der Waals surface area contributed by atoms with E-state index in [2.05, 4.69) is 11.2 Å². The van der Waals surface area contributed by atoms with Crippen LogP contribution in [0.3, 0.4) is 0 Å². The normalized spacial score (nSPS) is 15.4. The summed E-state index contributed by atoms with van der Waals surface area (Å²) < 4.78 is 1.82. The maximum atomic E-state index is 11.7. The molecule has 0 atom stereocenters.